The van der Waals surface area contributed by atoms with E-state index in [9.17, 15) is 12.8 Å². The molecule has 2 aromatic heterocycles. The maximum absolute atomic E-state index is 14.3. The predicted octanol–water partition coefficient (Wildman–Crippen LogP) is 5.32. The number of furan rings is 1. The van der Waals surface area contributed by atoms with Crippen LogP contribution in [0.3, 0.4) is 0 Å². The average Bonchev–Trinajstić information content (AvgIpc) is 3.21. The lowest BCUT2D eigenvalue weighted by Gasteiger charge is -2.09. The van der Waals surface area contributed by atoms with Gasteiger partial charge in [-0.15, -0.1) is 0 Å². The minimum Gasteiger partial charge on any atom is -0.437 e. The fraction of sp³-hybridized carbons (Fsp3) is 0.0400. The first-order valence-electron chi connectivity index (χ1n) is 10.3. The van der Waals surface area contributed by atoms with Crippen molar-refractivity contribution in [1.82, 2.24) is 9.97 Å². The minimum absolute atomic E-state index is 0.190. The summed E-state index contributed by atoms with van der Waals surface area (Å²) in [5, 5.41) is 0.520. The van der Waals surface area contributed by atoms with Gasteiger partial charge in [0.25, 0.3) is 0 Å². The van der Waals surface area contributed by atoms with E-state index in [0.29, 0.717) is 22.3 Å². The maximum Gasteiger partial charge on any atom is 0.232 e. The highest BCUT2D eigenvalue weighted by molar-refractivity contribution is 7.92. The lowest BCUT2D eigenvalue weighted by Crippen LogP contribution is -2.10. The molecule has 0 spiro atoms. The predicted molar refractivity (Wildman–Crippen MR) is 131 cm³/mol. The molecule has 0 saturated carbocycles. The van der Waals surface area contributed by atoms with Crippen molar-refractivity contribution in [2.75, 3.05) is 16.7 Å². The highest BCUT2D eigenvalue weighted by atomic mass is 32.2. The molecule has 0 saturated heterocycles. The molecule has 5 aromatic rings. The minimum atomic E-state index is -3.69. The van der Waals surface area contributed by atoms with Crippen LogP contribution in [0.4, 0.5) is 15.9 Å². The Hall–Kier alpha value is -4.24. The van der Waals surface area contributed by atoms with Crippen LogP contribution in [0, 0.1) is 5.82 Å². The molecule has 7 nitrogen and oxygen atoms in total. The van der Waals surface area contributed by atoms with Gasteiger partial charge in [-0.1, -0.05) is 54.6 Å². The molecule has 0 unspecified atom stereocenters. The van der Waals surface area contributed by atoms with Gasteiger partial charge in [0.2, 0.25) is 15.7 Å². The Morgan fingerprint density at radius 1 is 0.882 bits per heavy atom. The second-order valence-corrected chi connectivity index (χ2v) is 9.51. The molecular formula is C25H19FN4O3S. The van der Waals surface area contributed by atoms with E-state index in [0.717, 1.165) is 22.9 Å². The first-order chi connectivity index (χ1) is 16.3. The molecule has 0 radical (unpaired) electrons. The number of hydrogen-bond donors (Lipinski definition) is 2. The maximum atomic E-state index is 14.3. The Balaban J connectivity index is 1.70. The Bertz CT molecular complexity index is 1620. The zero-order valence-electron chi connectivity index (χ0n) is 18.0. The third-order valence-corrected chi connectivity index (χ3v) is 5.91. The molecule has 3 N–H and O–H groups in total. The molecule has 2 heterocycles. The normalized spacial score (nSPS) is 11.6. The number of nitrogen functional groups attached to an aromatic ring is 1. The van der Waals surface area contributed by atoms with Gasteiger partial charge >= 0.3 is 0 Å². The largest absolute Gasteiger partial charge is 0.437 e. The van der Waals surface area contributed by atoms with Gasteiger partial charge in [-0.25, -0.2) is 22.8 Å². The quantitative estimate of drug-likeness (QED) is 0.357. The first-order valence-corrected chi connectivity index (χ1v) is 12.2. The monoisotopic (exact) mass is 474 g/mol. The summed E-state index contributed by atoms with van der Waals surface area (Å²) < 4.78 is 45.9. The number of fused-ring (bicyclic) bond motifs is 1. The number of nitrogens with one attached hydrogen (secondary N) is 1. The lowest BCUT2D eigenvalue weighted by atomic mass is 9.96. The van der Waals surface area contributed by atoms with E-state index >= 15 is 0 Å². The van der Waals surface area contributed by atoms with Crippen LogP contribution >= 0.6 is 0 Å². The molecule has 0 atom stereocenters. The molecule has 9 heteroatoms. The summed E-state index contributed by atoms with van der Waals surface area (Å²) in [6.07, 6.45) is 2.25. The second kappa shape index (κ2) is 8.27. The number of benzene rings is 3. The Kier molecular flexibility index (Phi) is 5.25. The fourth-order valence-corrected chi connectivity index (χ4v) is 4.39. The van der Waals surface area contributed by atoms with E-state index in [-0.39, 0.29) is 17.2 Å². The first kappa shape index (κ1) is 21.6. The van der Waals surface area contributed by atoms with Crippen LogP contribution in [-0.4, -0.2) is 24.6 Å². The summed E-state index contributed by atoms with van der Waals surface area (Å²) in [4.78, 5) is 8.30. The third-order valence-electron chi connectivity index (χ3n) is 5.32. The van der Waals surface area contributed by atoms with Gasteiger partial charge in [0.05, 0.1) is 17.3 Å². The van der Waals surface area contributed by atoms with Crippen molar-refractivity contribution in [3.05, 3.63) is 84.9 Å². The van der Waals surface area contributed by atoms with Crippen molar-refractivity contribution < 1.29 is 17.2 Å². The van der Waals surface area contributed by atoms with Gasteiger partial charge in [-0.05, 0) is 34.9 Å². The highest BCUT2D eigenvalue weighted by Gasteiger charge is 2.22. The van der Waals surface area contributed by atoms with Gasteiger partial charge < -0.3 is 10.2 Å². The zero-order valence-corrected chi connectivity index (χ0v) is 18.8. The second-order valence-electron chi connectivity index (χ2n) is 7.76. The molecule has 0 aliphatic rings. The summed E-state index contributed by atoms with van der Waals surface area (Å²) >= 11 is 0. The topological polar surface area (TPSA) is 111 Å². The number of halogens is 1. The third kappa shape index (κ3) is 4.08. The van der Waals surface area contributed by atoms with Gasteiger partial charge in [0.15, 0.2) is 0 Å². The Morgan fingerprint density at radius 2 is 1.53 bits per heavy atom. The van der Waals surface area contributed by atoms with E-state index in [1.165, 1.54) is 24.5 Å². The zero-order chi connectivity index (χ0) is 23.9. The number of nitrogens with two attached hydrogens (primary N) is 1. The SMILES string of the molecule is CS(=O)(=O)Nc1cc(-c2oc3ncnc(N)c3c2-c2ccc(-c3ccccc3)cc2)ccc1F. The molecule has 0 bridgehead atoms. The molecule has 5 rings (SSSR count). The summed E-state index contributed by atoms with van der Waals surface area (Å²) in [6.45, 7) is 0. The van der Waals surface area contributed by atoms with Gasteiger partial charge in [0.1, 0.15) is 23.7 Å². The van der Waals surface area contributed by atoms with Crippen LogP contribution in [0.5, 0.6) is 0 Å². The molecule has 3 aromatic carbocycles. The van der Waals surface area contributed by atoms with Crippen LogP contribution in [0.25, 0.3) is 44.7 Å². The molecular weight excluding hydrogens is 455 g/mol. The van der Waals surface area contributed by atoms with Crippen LogP contribution < -0.4 is 10.5 Å². The van der Waals surface area contributed by atoms with Crippen molar-refractivity contribution in [3.8, 4) is 33.6 Å². The molecule has 0 aliphatic carbocycles. The van der Waals surface area contributed by atoms with Gasteiger partial charge in [0, 0.05) is 11.1 Å². The fourth-order valence-electron chi connectivity index (χ4n) is 3.84. The number of aromatic nitrogens is 2. The summed E-state index contributed by atoms with van der Waals surface area (Å²) in [5.41, 5.74) is 10.2. The number of sulfonamides is 1. The summed E-state index contributed by atoms with van der Waals surface area (Å²) in [6, 6.07) is 21.8. The average molecular weight is 475 g/mol. The van der Waals surface area contributed by atoms with E-state index in [2.05, 4.69) is 14.7 Å². The van der Waals surface area contributed by atoms with E-state index in [4.69, 9.17) is 10.2 Å². The van der Waals surface area contributed by atoms with Crippen molar-refractivity contribution in [1.29, 1.82) is 0 Å². The van der Waals surface area contributed by atoms with Crippen molar-refractivity contribution in [3.63, 3.8) is 0 Å². The lowest BCUT2D eigenvalue weighted by molar-refractivity contribution is 0.603. The number of rotatable bonds is 5. The van der Waals surface area contributed by atoms with Crippen LogP contribution in [-0.2, 0) is 10.0 Å². The highest BCUT2D eigenvalue weighted by Crippen LogP contribution is 2.43. The molecule has 170 valence electrons. The molecule has 34 heavy (non-hydrogen) atoms. The van der Waals surface area contributed by atoms with E-state index in [1.54, 1.807) is 0 Å². The molecule has 0 aliphatic heterocycles. The number of hydrogen-bond acceptors (Lipinski definition) is 6. The van der Waals surface area contributed by atoms with E-state index in [1.807, 2.05) is 54.6 Å². The summed E-state index contributed by atoms with van der Waals surface area (Å²) in [5.74, 6) is -0.108. The van der Waals surface area contributed by atoms with Crippen molar-refractivity contribution in [2.24, 2.45) is 0 Å². The van der Waals surface area contributed by atoms with Crippen LogP contribution in [0.15, 0.2) is 83.5 Å². The smallest absolute Gasteiger partial charge is 0.232 e. The van der Waals surface area contributed by atoms with E-state index < -0.39 is 15.8 Å². The van der Waals surface area contributed by atoms with Crippen LogP contribution in [0.2, 0.25) is 0 Å². The number of anilines is 2. The van der Waals surface area contributed by atoms with Crippen molar-refractivity contribution >= 4 is 32.6 Å². The standard InChI is InChI=1S/C25H19FN4O3S/c1-34(31,32)30-20-13-18(11-12-19(20)26)23-21(22-24(27)28-14-29-25(22)33-23)17-9-7-16(8-10-17)15-5-3-2-4-6-15/h2-14,30H,1H3,(H2,27,28,29). The van der Waals surface area contributed by atoms with Crippen molar-refractivity contribution in [2.45, 2.75) is 0 Å². The van der Waals surface area contributed by atoms with Gasteiger partial charge in [-0.3, -0.25) is 4.72 Å². The molecule has 0 amide bonds. The Labute approximate surface area is 195 Å². The summed E-state index contributed by atoms with van der Waals surface area (Å²) in [7, 11) is -3.69. The number of nitrogens with zero attached hydrogens (tertiary/aromatic N) is 2. The van der Waals surface area contributed by atoms with Gasteiger partial charge in [-0.2, -0.15) is 0 Å². The Morgan fingerprint density at radius 3 is 2.24 bits per heavy atom. The van der Waals surface area contributed by atoms with Crippen LogP contribution in [0.1, 0.15) is 0 Å². The molecule has 0 fully saturated rings.